The summed E-state index contributed by atoms with van der Waals surface area (Å²) in [5, 5.41) is 19.1. The lowest BCUT2D eigenvalue weighted by molar-refractivity contribution is -0.125. The molecule has 4 N–H and O–H groups in total. The Bertz CT molecular complexity index is 486. The molecule has 0 aromatic heterocycles. The minimum absolute atomic E-state index is 0.225. The number of ether oxygens (including phenoxy) is 1. The number of β-amino-alcohol motifs (C(OH)–C–C–N with tert-alkyl or cyclic N) is 1. The van der Waals surface area contributed by atoms with Gasteiger partial charge in [0.2, 0.25) is 5.91 Å². The summed E-state index contributed by atoms with van der Waals surface area (Å²) in [6.45, 7) is 6.72. The van der Waals surface area contributed by atoms with Crippen LogP contribution in [-0.2, 0) is 9.53 Å². The third-order valence-electron chi connectivity index (χ3n) is 5.32. The predicted octanol–water partition coefficient (Wildman–Crippen LogP) is 2.08. The molecule has 2 amide bonds. The molecule has 0 spiro atoms. The lowest BCUT2D eigenvalue weighted by Gasteiger charge is -2.29. The van der Waals surface area contributed by atoms with Crippen LogP contribution >= 0.6 is 0 Å². The molecule has 2 unspecified atom stereocenters. The van der Waals surface area contributed by atoms with Gasteiger partial charge < -0.3 is 25.8 Å². The average molecular weight is 384 g/mol. The van der Waals surface area contributed by atoms with Crippen LogP contribution in [0.25, 0.3) is 0 Å². The maximum absolute atomic E-state index is 12.9. The van der Waals surface area contributed by atoms with Gasteiger partial charge in [-0.15, -0.1) is 0 Å². The molecule has 1 saturated heterocycles. The van der Waals surface area contributed by atoms with Crippen molar-refractivity contribution < 1.29 is 19.4 Å². The molecular weight excluding hydrogens is 346 g/mol. The summed E-state index contributed by atoms with van der Waals surface area (Å²) in [7, 11) is 0. The number of hydrogen-bond donors (Lipinski definition) is 4. The van der Waals surface area contributed by atoms with Crippen LogP contribution in [0.2, 0.25) is 0 Å². The molecule has 7 nitrogen and oxygen atoms in total. The topological polar surface area (TPSA) is 99.7 Å². The van der Waals surface area contributed by atoms with E-state index in [-0.39, 0.29) is 11.9 Å². The molecule has 0 bridgehead atoms. The van der Waals surface area contributed by atoms with Crippen LogP contribution in [0.4, 0.5) is 4.79 Å². The first-order valence-corrected chi connectivity index (χ1v) is 10.4. The quantitative estimate of drug-likeness (QED) is 0.582. The molecule has 27 heavy (non-hydrogen) atoms. The molecule has 2 fully saturated rings. The molecule has 3 atom stereocenters. The fourth-order valence-electron chi connectivity index (χ4n) is 3.92. The second-order valence-corrected chi connectivity index (χ2v) is 8.97. The van der Waals surface area contributed by atoms with E-state index in [1.807, 2.05) is 0 Å². The number of hydrogen-bond acceptors (Lipinski definition) is 5. The van der Waals surface area contributed by atoms with E-state index in [4.69, 9.17) is 4.74 Å². The Morgan fingerprint density at radius 1 is 1.15 bits per heavy atom. The zero-order chi connectivity index (χ0) is 19.9. The highest BCUT2D eigenvalue weighted by Crippen LogP contribution is 2.27. The maximum atomic E-state index is 12.9. The first kappa shape index (κ1) is 22.0. The molecular formula is C20H37N3O4. The van der Waals surface area contributed by atoms with Crippen LogP contribution in [0.1, 0.15) is 72.1 Å². The third kappa shape index (κ3) is 8.05. The number of carbonyl (C=O) groups excluding carboxylic acids is 2. The SMILES string of the molecule is CC(C)(C)OC(=O)NC(CC1CCCCC1)C(=O)NC1CCCNC[C@@H]1O. The van der Waals surface area contributed by atoms with E-state index in [0.717, 1.165) is 32.2 Å². The average Bonchev–Trinajstić information content (AvgIpc) is 2.78. The largest absolute Gasteiger partial charge is 0.444 e. The van der Waals surface area contributed by atoms with Crippen molar-refractivity contribution >= 4 is 12.0 Å². The molecule has 1 aliphatic carbocycles. The smallest absolute Gasteiger partial charge is 0.408 e. The first-order valence-electron chi connectivity index (χ1n) is 10.4. The summed E-state index contributed by atoms with van der Waals surface area (Å²) in [4.78, 5) is 25.2. The summed E-state index contributed by atoms with van der Waals surface area (Å²) in [5.41, 5.74) is -0.612. The second kappa shape index (κ2) is 10.3. The van der Waals surface area contributed by atoms with E-state index < -0.39 is 23.8 Å². The van der Waals surface area contributed by atoms with Crippen molar-refractivity contribution in [1.82, 2.24) is 16.0 Å². The summed E-state index contributed by atoms with van der Waals surface area (Å²) in [6, 6.07) is -0.923. The highest BCUT2D eigenvalue weighted by Gasteiger charge is 2.31. The maximum Gasteiger partial charge on any atom is 0.408 e. The van der Waals surface area contributed by atoms with Crippen molar-refractivity contribution in [3.05, 3.63) is 0 Å². The second-order valence-electron chi connectivity index (χ2n) is 8.97. The van der Waals surface area contributed by atoms with Gasteiger partial charge >= 0.3 is 6.09 Å². The lowest BCUT2D eigenvalue weighted by Crippen LogP contribution is -2.54. The molecule has 0 radical (unpaired) electrons. The zero-order valence-electron chi connectivity index (χ0n) is 17.1. The molecule has 156 valence electrons. The van der Waals surface area contributed by atoms with E-state index in [1.54, 1.807) is 20.8 Å². The molecule has 0 aromatic carbocycles. The molecule has 7 heteroatoms. The standard InChI is InChI=1S/C20H37N3O4/c1-20(2,3)27-19(26)23-16(12-14-8-5-4-6-9-14)18(25)22-15-10-7-11-21-13-17(15)24/h14-17,21,24H,4-13H2,1-3H3,(H,22,25)(H,23,26)/t15?,16?,17-/m0/s1. The number of rotatable bonds is 5. The molecule has 0 aromatic rings. The Kier molecular flexibility index (Phi) is 8.35. The van der Waals surface area contributed by atoms with Gasteiger partial charge in [-0.2, -0.15) is 0 Å². The fraction of sp³-hybridized carbons (Fsp3) is 0.900. The minimum atomic E-state index is -0.633. The van der Waals surface area contributed by atoms with Gasteiger partial charge in [0, 0.05) is 6.54 Å². The van der Waals surface area contributed by atoms with E-state index in [0.29, 0.717) is 18.9 Å². The van der Waals surface area contributed by atoms with E-state index in [9.17, 15) is 14.7 Å². The molecule has 1 heterocycles. The lowest BCUT2D eigenvalue weighted by atomic mass is 9.84. The normalized spacial score (nSPS) is 25.9. The van der Waals surface area contributed by atoms with Crippen LogP contribution in [0, 0.1) is 5.92 Å². The zero-order valence-corrected chi connectivity index (χ0v) is 17.1. The van der Waals surface area contributed by atoms with Crippen molar-refractivity contribution in [2.24, 2.45) is 5.92 Å². The van der Waals surface area contributed by atoms with Crippen LogP contribution < -0.4 is 16.0 Å². The summed E-state index contributed by atoms with van der Waals surface area (Å²) in [5.74, 6) is 0.211. The third-order valence-corrected chi connectivity index (χ3v) is 5.32. The van der Waals surface area contributed by atoms with Gasteiger partial charge in [-0.3, -0.25) is 4.79 Å². The predicted molar refractivity (Wildman–Crippen MR) is 104 cm³/mol. The molecule has 2 rings (SSSR count). The van der Waals surface area contributed by atoms with Crippen LogP contribution in [0.15, 0.2) is 0 Å². The van der Waals surface area contributed by atoms with Crippen molar-refractivity contribution in [2.75, 3.05) is 13.1 Å². The Morgan fingerprint density at radius 2 is 1.85 bits per heavy atom. The number of nitrogens with one attached hydrogen (secondary N) is 3. The Labute approximate surface area is 163 Å². The van der Waals surface area contributed by atoms with Gasteiger partial charge in [-0.25, -0.2) is 4.79 Å². The van der Waals surface area contributed by atoms with E-state index in [1.165, 1.54) is 19.3 Å². The summed E-state index contributed by atoms with van der Waals surface area (Å²) in [6.07, 6.45) is 6.84. The van der Waals surface area contributed by atoms with Crippen molar-refractivity contribution in [2.45, 2.75) is 95.9 Å². The molecule has 1 aliphatic heterocycles. The van der Waals surface area contributed by atoms with Crippen LogP contribution in [0.5, 0.6) is 0 Å². The number of aliphatic hydroxyl groups excluding tert-OH is 1. The highest BCUT2D eigenvalue weighted by molar-refractivity contribution is 5.86. The molecule has 1 saturated carbocycles. The van der Waals surface area contributed by atoms with Gasteiger partial charge in [-0.05, 0) is 52.5 Å². The van der Waals surface area contributed by atoms with Crippen molar-refractivity contribution in [1.29, 1.82) is 0 Å². The Balaban J connectivity index is 1.99. The number of alkyl carbamates (subject to hydrolysis) is 1. The number of amides is 2. The number of aliphatic hydroxyl groups is 1. The van der Waals surface area contributed by atoms with E-state index >= 15 is 0 Å². The molecule has 2 aliphatic rings. The Morgan fingerprint density at radius 3 is 2.52 bits per heavy atom. The van der Waals surface area contributed by atoms with Crippen molar-refractivity contribution in [3.63, 3.8) is 0 Å². The Hall–Kier alpha value is -1.34. The summed E-state index contributed by atoms with van der Waals surface area (Å²) >= 11 is 0. The van der Waals surface area contributed by atoms with Gasteiger partial charge in [-0.1, -0.05) is 32.1 Å². The van der Waals surface area contributed by atoms with Crippen LogP contribution in [0.3, 0.4) is 0 Å². The van der Waals surface area contributed by atoms with Gasteiger partial charge in [0.05, 0.1) is 12.1 Å². The monoisotopic (exact) mass is 383 g/mol. The first-order chi connectivity index (χ1) is 12.7. The van der Waals surface area contributed by atoms with Crippen molar-refractivity contribution in [3.8, 4) is 0 Å². The van der Waals surface area contributed by atoms with Crippen LogP contribution in [-0.4, -0.2) is 54.0 Å². The number of carbonyl (C=O) groups is 2. The van der Waals surface area contributed by atoms with E-state index in [2.05, 4.69) is 16.0 Å². The van der Waals surface area contributed by atoms with Gasteiger partial charge in [0.25, 0.3) is 0 Å². The summed E-state index contributed by atoms with van der Waals surface area (Å²) < 4.78 is 5.35. The van der Waals surface area contributed by atoms with Gasteiger partial charge in [0.1, 0.15) is 11.6 Å². The van der Waals surface area contributed by atoms with Gasteiger partial charge in [0.15, 0.2) is 0 Å². The highest BCUT2D eigenvalue weighted by atomic mass is 16.6. The minimum Gasteiger partial charge on any atom is -0.444 e. The fourth-order valence-corrected chi connectivity index (χ4v) is 3.92.